The number of hydrogen-bond acceptors (Lipinski definition) is 0. The highest BCUT2D eigenvalue weighted by Gasteiger charge is 2.61. The van der Waals surface area contributed by atoms with Crippen molar-refractivity contribution in [1.29, 1.82) is 0 Å². The molecule has 0 aliphatic heterocycles. The van der Waals surface area contributed by atoms with Crippen LogP contribution in [-0.2, 0) is 0 Å². The summed E-state index contributed by atoms with van der Waals surface area (Å²) in [6.45, 7) is 29.1. The summed E-state index contributed by atoms with van der Waals surface area (Å²) in [5, 5.41) is 0.323. The average Bonchev–Trinajstić information content (AvgIpc) is 2.79. The van der Waals surface area contributed by atoms with Crippen LogP contribution in [0, 0.1) is 0 Å². The Morgan fingerprint density at radius 2 is 0.750 bits per heavy atom. The van der Waals surface area contributed by atoms with Gasteiger partial charge in [0.1, 0.15) is 11.3 Å². The molecule has 2 aliphatic carbocycles. The third kappa shape index (κ3) is 2.44. The first-order chi connectivity index (χ1) is 10.8. The lowest BCUT2D eigenvalue weighted by atomic mass is 10.1. The molecule has 0 fully saturated rings. The van der Waals surface area contributed by atoms with Crippen LogP contribution < -0.4 is 0 Å². The molecule has 0 saturated carbocycles. The zero-order valence-electron chi connectivity index (χ0n) is 18.1. The van der Waals surface area contributed by atoms with Crippen LogP contribution >= 0.6 is 7.26 Å². The van der Waals surface area contributed by atoms with Crippen molar-refractivity contribution in [3.63, 3.8) is 0 Å². The summed E-state index contributed by atoms with van der Waals surface area (Å²) in [7, 11) is -1.35. The van der Waals surface area contributed by atoms with Crippen LogP contribution in [0.4, 0.5) is 0 Å². The second kappa shape index (κ2) is 5.98. The molecule has 0 aromatic heterocycles. The van der Waals surface area contributed by atoms with Crippen molar-refractivity contribution >= 4 is 7.26 Å². The van der Waals surface area contributed by atoms with E-state index in [-0.39, 0.29) is 0 Å². The summed E-state index contributed by atoms with van der Waals surface area (Å²) in [6.07, 6.45) is 0. The minimum atomic E-state index is -1.35. The number of allylic oxidation sites excluding steroid dienone is 8. The van der Waals surface area contributed by atoms with Crippen LogP contribution in [-0.4, -0.2) is 23.1 Å². The van der Waals surface area contributed by atoms with Gasteiger partial charge in [-0.05, 0) is 121 Å². The first-order valence-corrected chi connectivity index (χ1v) is 11.7. The van der Waals surface area contributed by atoms with E-state index >= 15 is 0 Å². The normalized spacial score (nSPS) is 22.0. The van der Waals surface area contributed by atoms with Gasteiger partial charge in [0.25, 0.3) is 0 Å². The van der Waals surface area contributed by atoms with Gasteiger partial charge in [0.15, 0.2) is 0 Å². The van der Waals surface area contributed by atoms with Crippen LogP contribution in [0.5, 0.6) is 0 Å². The van der Waals surface area contributed by atoms with E-state index in [0.717, 1.165) is 0 Å². The van der Waals surface area contributed by atoms with E-state index in [0.29, 0.717) is 16.5 Å². The minimum Gasteiger partial charge on any atom is -0.0449 e. The van der Waals surface area contributed by atoms with E-state index in [1.165, 1.54) is 0 Å². The second-order valence-corrected chi connectivity index (χ2v) is 14.0. The molecule has 0 aromatic rings. The lowest BCUT2D eigenvalue weighted by Gasteiger charge is -2.46. The summed E-state index contributed by atoms with van der Waals surface area (Å²) in [5.41, 5.74) is 14.0. The molecule has 2 rings (SSSR count). The standard InChI is InChI=1S/C23H38P/c1-13-14(2)18(6)21(17(13)5)24(12,23(9,10)11)22-19(7)15(3)16(4)20(22)8/h21-22H,1-12H3/q+1. The van der Waals surface area contributed by atoms with Crippen molar-refractivity contribution in [3.8, 4) is 0 Å². The number of rotatable bonds is 2. The van der Waals surface area contributed by atoms with Crippen LogP contribution in [0.1, 0.15) is 76.2 Å². The number of hydrogen-bond donors (Lipinski definition) is 0. The van der Waals surface area contributed by atoms with E-state index in [9.17, 15) is 0 Å². The Bertz CT molecular complexity index is 601. The third-order valence-electron chi connectivity index (χ3n) is 7.65. The van der Waals surface area contributed by atoms with E-state index in [2.05, 4.69) is 82.8 Å². The van der Waals surface area contributed by atoms with E-state index < -0.39 is 7.26 Å². The maximum atomic E-state index is 2.67. The van der Waals surface area contributed by atoms with Crippen molar-refractivity contribution < 1.29 is 0 Å². The highest BCUT2D eigenvalue weighted by Crippen LogP contribution is 2.79. The maximum Gasteiger partial charge on any atom is 0.113 e. The molecule has 0 unspecified atom stereocenters. The van der Waals surface area contributed by atoms with Crippen molar-refractivity contribution in [2.75, 3.05) is 6.66 Å². The van der Waals surface area contributed by atoms with Gasteiger partial charge in [0, 0.05) is 7.26 Å². The Kier molecular flexibility index (Phi) is 4.91. The molecule has 0 nitrogen and oxygen atoms in total. The van der Waals surface area contributed by atoms with Gasteiger partial charge in [-0.3, -0.25) is 0 Å². The molecule has 2 aliphatic rings. The maximum absolute atomic E-state index is 2.67. The molecule has 1 heteroatoms. The zero-order chi connectivity index (χ0) is 18.8. The SMILES string of the molecule is CC1=C(C)C([P+](C)(C2C(C)=C(C)C(C)=C2C)C(C)(C)C)C(C)=C1C. The Balaban J connectivity index is 2.78. The summed E-state index contributed by atoms with van der Waals surface area (Å²) in [5.74, 6) is 0. The highest BCUT2D eigenvalue weighted by atomic mass is 31.2. The summed E-state index contributed by atoms with van der Waals surface area (Å²) in [4.78, 5) is 0. The molecular formula is C23H38P+. The van der Waals surface area contributed by atoms with Gasteiger partial charge < -0.3 is 0 Å². The first kappa shape index (κ1) is 19.7. The Labute approximate surface area is 151 Å². The highest BCUT2D eigenvalue weighted by molar-refractivity contribution is 7.78. The van der Waals surface area contributed by atoms with Crippen LogP contribution in [0.25, 0.3) is 0 Å². The average molecular weight is 346 g/mol. The van der Waals surface area contributed by atoms with Gasteiger partial charge in [-0.15, -0.1) is 0 Å². The molecule has 24 heavy (non-hydrogen) atoms. The summed E-state index contributed by atoms with van der Waals surface area (Å²) >= 11 is 0. The fourth-order valence-electron chi connectivity index (χ4n) is 5.19. The molecule has 0 N–H and O–H groups in total. The minimum absolute atomic E-state index is 0.323. The summed E-state index contributed by atoms with van der Waals surface area (Å²) in [6, 6.07) is 0. The van der Waals surface area contributed by atoms with Crippen molar-refractivity contribution in [2.24, 2.45) is 0 Å². The third-order valence-corrected chi connectivity index (χ3v) is 14.2. The topological polar surface area (TPSA) is 0 Å². The van der Waals surface area contributed by atoms with Gasteiger partial charge in [-0.2, -0.15) is 0 Å². The molecule has 0 saturated heterocycles. The van der Waals surface area contributed by atoms with Gasteiger partial charge in [-0.1, -0.05) is 0 Å². The molecule has 0 aromatic carbocycles. The smallest absolute Gasteiger partial charge is 0.0449 e. The van der Waals surface area contributed by atoms with E-state index in [1.807, 2.05) is 0 Å². The Morgan fingerprint density at radius 3 is 0.917 bits per heavy atom. The van der Waals surface area contributed by atoms with Crippen LogP contribution in [0.15, 0.2) is 44.6 Å². The summed E-state index contributed by atoms with van der Waals surface area (Å²) < 4.78 is 0. The predicted octanol–water partition coefficient (Wildman–Crippen LogP) is 7.54. The fourth-order valence-corrected chi connectivity index (χ4v) is 11.0. The molecule has 134 valence electrons. The Morgan fingerprint density at radius 1 is 0.542 bits per heavy atom. The first-order valence-electron chi connectivity index (χ1n) is 9.34. The second-order valence-electron chi connectivity index (χ2n) is 9.36. The molecule has 0 spiro atoms. The molecule has 0 bridgehead atoms. The van der Waals surface area contributed by atoms with Crippen LogP contribution in [0.2, 0.25) is 0 Å². The lowest BCUT2D eigenvalue weighted by Crippen LogP contribution is -2.37. The Hall–Kier alpha value is -0.610. The van der Waals surface area contributed by atoms with E-state index in [4.69, 9.17) is 0 Å². The van der Waals surface area contributed by atoms with Gasteiger partial charge in [-0.25, -0.2) is 0 Å². The van der Waals surface area contributed by atoms with Crippen molar-refractivity contribution in [3.05, 3.63) is 44.6 Å². The fraction of sp³-hybridized carbons (Fsp3) is 0.652. The predicted molar refractivity (Wildman–Crippen MR) is 114 cm³/mol. The molecule has 0 radical (unpaired) electrons. The van der Waals surface area contributed by atoms with Gasteiger partial charge in [0.2, 0.25) is 0 Å². The molecule has 0 heterocycles. The molecule has 0 amide bonds. The quantitative estimate of drug-likeness (QED) is 0.453. The lowest BCUT2D eigenvalue weighted by molar-refractivity contribution is 0.750. The molecular weight excluding hydrogens is 307 g/mol. The van der Waals surface area contributed by atoms with Gasteiger partial charge in [0.05, 0.1) is 11.8 Å². The van der Waals surface area contributed by atoms with Crippen molar-refractivity contribution in [2.45, 2.75) is 92.6 Å². The monoisotopic (exact) mass is 345 g/mol. The van der Waals surface area contributed by atoms with Gasteiger partial charge >= 0.3 is 0 Å². The molecule has 0 atom stereocenters. The largest absolute Gasteiger partial charge is 0.113 e. The van der Waals surface area contributed by atoms with E-state index in [1.54, 1.807) is 44.6 Å². The van der Waals surface area contributed by atoms with Crippen molar-refractivity contribution in [1.82, 2.24) is 0 Å². The zero-order valence-corrected chi connectivity index (χ0v) is 19.0. The van der Waals surface area contributed by atoms with Crippen LogP contribution in [0.3, 0.4) is 0 Å².